The Kier molecular flexibility index (Phi) is 6.93. The molecule has 206 valence electrons. The van der Waals surface area contributed by atoms with Gasteiger partial charge in [-0.15, -0.1) is 0 Å². The van der Waals surface area contributed by atoms with Gasteiger partial charge in [0.15, 0.2) is 11.4 Å². The first-order valence-electron chi connectivity index (χ1n) is 13.1. The number of hydrogen-bond acceptors (Lipinski definition) is 8. The summed E-state index contributed by atoms with van der Waals surface area (Å²) >= 11 is 12.9. The quantitative estimate of drug-likeness (QED) is 0.282. The highest BCUT2D eigenvalue weighted by Crippen LogP contribution is 2.55. The minimum Gasteiger partial charge on any atom is -0.494 e. The van der Waals surface area contributed by atoms with Crippen molar-refractivity contribution in [2.75, 3.05) is 13.7 Å². The third kappa shape index (κ3) is 5.08. The molecule has 4 aliphatic rings. The standard InChI is InChI=1S/C28H29Cl2N3O6/c1-36-21-10-17(11-32-24(21)26(34)35)37-15-27-4-7-28(8-5-27,9-6-27)38-14-18-23(33-39-25(18)16-2-3-16)22-19(29)12-31-13-20(22)30/h10-13,16H,2-9,14-15H2,1H3,(H,34,35). The molecule has 3 heterocycles. The number of carboxylic acids is 1. The lowest BCUT2D eigenvalue weighted by molar-refractivity contribution is -0.150. The number of ether oxygens (including phenoxy) is 3. The molecule has 0 saturated heterocycles. The number of aromatic carboxylic acids is 1. The molecule has 3 aromatic heterocycles. The van der Waals surface area contributed by atoms with E-state index in [0.717, 1.165) is 62.7 Å². The Morgan fingerprint density at radius 1 is 1.10 bits per heavy atom. The van der Waals surface area contributed by atoms with E-state index in [1.54, 1.807) is 18.5 Å². The van der Waals surface area contributed by atoms with Crippen molar-refractivity contribution in [2.45, 2.75) is 69.5 Å². The molecule has 4 saturated carbocycles. The minimum atomic E-state index is -1.14. The van der Waals surface area contributed by atoms with Crippen LogP contribution in [-0.2, 0) is 11.3 Å². The van der Waals surface area contributed by atoms with Gasteiger partial charge in [0.05, 0.1) is 42.2 Å². The Labute approximate surface area is 235 Å². The molecule has 11 heteroatoms. The molecule has 0 unspecified atom stereocenters. The Bertz CT molecular complexity index is 1360. The molecule has 0 aromatic carbocycles. The Balaban J connectivity index is 1.13. The number of hydrogen-bond donors (Lipinski definition) is 1. The van der Waals surface area contributed by atoms with Gasteiger partial charge in [0.25, 0.3) is 0 Å². The molecular weight excluding hydrogens is 545 g/mol. The Morgan fingerprint density at radius 3 is 2.41 bits per heavy atom. The van der Waals surface area contributed by atoms with Gasteiger partial charge in [-0.2, -0.15) is 0 Å². The number of carboxylic acid groups (broad SMARTS) is 1. The van der Waals surface area contributed by atoms with E-state index in [1.807, 2.05) is 0 Å². The first-order chi connectivity index (χ1) is 18.8. The topological polar surface area (TPSA) is 117 Å². The number of aromatic nitrogens is 3. The van der Waals surface area contributed by atoms with Crippen molar-refractivity contribution < 1.29 is 28.6 Å². The lowest BCUT2D eigenvalue weighted by Gasteiger charge is -2.52. The summed E-state index contributed by atoms with van der Waals surface area (Å²) in [6.07, 6.45) is 12.5. The van der Waals surface area contributed by atoms with E-state index in [0.29, 0.717) is 46.2 Å². The second-order valence-corrected chi connectivity index (χ2v) is 11.7. The summed E-state index contributed by atoms with van der Waals surface area (Å²) in [6.45, 7) is 0.936. The van der Waals surface area contributed by atoms with Crippen LogP contribution in [-0.4, -0.2) is 45.5 Å². The summed E-state index contributed by atoms with van der Waals surface area (Å²) in [6, 6.07) is 1.58. The number of nitrogens with zero attached hydrogens (tertiary/aromatic N) is 3. The lowest BCUT2D eigenvalue weighted by Crippen LogP contribution is -2.49. The molecule has 0 atom stereocenters. The second-order valence-electron chi connectivity index (χ2n) is 10.9. The average Bonchev–Trinajstić information content (AvgIpc) is 3.71. The molecule has 9 nitrogen and oxygen atoms in total. The highest BCUT2D eigenvalue weighted by molar-refractivity contribution is 6.38. The molecule has 2 bridgehead atoms. The van der Waals surface area contributed by atoms with Crippen molar-refractivity contribution in [3.8, 4) is 22.8 Å². The Morgan fingerprint density at radius 2 is 1.79 bits per heavy atom. The molecule has 0 aliphatic heterocycles. The fourth-order valence-corrected chi connectivity index (χ4v) is 6.45. The third-order valence-corrected chi connectivity index (χ3v) is 9.08. The maximum Gasteiger partial charge on any atom is 0.358 e. The predicted molar refractivity (Wildman–Crippen MR) is 143 cm³/mol. The van der Waals surface area contributed by atoms with Crippen molar-refractivity contribution in [1.82, 2.24) is 15.1 Å². The van der Waals surface area contributed by atoms with Crippen molar-refractivity contribution in [3.05, 3.63) is 51.7 Å². The zero-order valence-corrected chi connectivity index (χ0v) is 23.1. The van der Waals surface area contributed by atoms with Gasteiger partial charge in [-0.05, 0) is 51.4 Å². The average molecular weight is 574 g/mol. The fraction of sp³-hybridized carbons (Fsp3) is 0.500. The highest BCUT2D eigenvalue weighted by atomic mass is 35.5. The van der Waals surface area contributed by atoms with Gasteiger partial charge in [-0.3, -0.25) is 4.98 Å². The number of halogens is 2. The number of carbonyl (C=O) groups is 1. The molecule has 0 spiro atoms. The summed E-state index contributed by atoms with van der Waals surface area (Å²) in [5.41, 5.74) is 1.93. The lowest BCUT2D eigenvalue weighted by atomic mass is 9.59. The van der Waals surface area contributed by atoms with Gasteiger partial charge in [0.2, 0.25) is 0 Å². The van der Waals surface area contributed by atoms with Crippen LogP contribution in [0.5, 0.6) is 11.5 Å². The smallest absolute Gasteiger partial charge is 0.358 e. The molecule has 0 radical (unpaired) electrons. The van der Waals surface area contributed by atoms with Crippen molar-refractivity contribution in [2.24, 2.45) is 5.41 Å². The van der Waals surface area contributed by atoms with Gasteiger partial charge in [-0.1, -0.05) is 28.4 Å². The van der Waals surface area contributed by atoms with Crippen LogP contribution >= 0.6 is 23.2 Å². The summed E-state index contributed by atoms with van der Waals surface area (Å²) in [5.74, 6) is 0.790. The van der Waals surface area contributed by atoms with Crippen LogP contribution < -0.4 is 9.47 Å². The van der Waals surface area contributed by atoms with Crippen molar-refractivity contribution >= 4 is 29.2 Å². The van der Waals surface area contributed by atoms with Crippen LogP contribution in [0.3, 0.4) is 0 Å². The summed E-state index contributed by atoms with van der Waals surface area (Å²) in [7, 11) is 1.42. The van der Waals surface area contributed by atoms with Crippen LogP contribution in [0.25, 0.3) is 11.3 Å². The molecule has 0 amide bonds. The van der Waals surface area contributed by atoms with E-state index in [-0.39, 0.29) is 22.5 Å². The normalized spacial score (nSPS) is 24.1. The first-order valence-corrected chi connectivity index (χ1v) is 13.9. The van der Waals surface area contributed by atoms with Crippen LogP contribution in [0, 0.1) is 5.41 Å². The molecule has 4 aliphatic carbocycles. The number of rotatable bonds is 10. The van der Waals surface area contributed by atoms with Gasteiger partial charge >= 0.3 is 5.97 Å². The molecular formula is C28H29Cl2N3O6. The van der Waals surface area contributed by atoms with Gasteiger partial charge in [-0.25, -0.2) is 9.78 Å². The molecule has 3 aromatic rings. The van der Waals surface area contributed by atoms with Crippen LogP contribution in [0.1, 0.15) is 79.1 Å². The largest absolute Gasteiger partial charge is 0.494 e. The van der Waals surface area contributed by atoms with E-state index in [9.17, 15) is 9.90 Å². The van der Waals surface area contributed by atoms with Crippen LogP contribution in [0.2, 0.25) is 10.0 Å². The first kappa shape index (κ1) is 26.3. The van der Waals surface area contributed by atoms with Crippen LogP contribution in [0.4, 0.5) is 0 Å². The van der Waals surface area contributed by atoms with E-state index in [1.165, 1.54) is 13.3 Å². The van der Waals surface area contributed by atoms with E-state index in [2.05, 4.69) is 15.1 Å². The van der Waals surface area contributed by atoms with Gasteiger partial charge < -0.3 is 23.8 Å². The van der Waals surface area contributed by atoms with E-state index >= 15 is 0 Å². The number of fused-ring (bicyclic) bond motifs is 3. The van der Waals surface area contributed by atoms with Gasteiger partial charge in [0, 0.05) is 40.9 Å². The van der Waals surface area contributed by atoms with E-state index in [4.69, 9.17) is 41.9 Å². The third-order valence-electron chi connectivity index (χ3n) is 8.51. The predicted octanol–water partition coefficient (Wildman–Crippen LogP) is 6.71. The van der Waals surface area contributed by atoms with Crippen molar-refractivity contribution in [3.63, 3.8) is 0 Å². The molecule has 1 N–H and O–H groups in total. The van der Waals surface area contributed by atoms with E-state index < -0.39 is 5.97 Å². The molecule has 39 heavy (non-hydrogen) atoms. The van der Waals surface area contributed by atoms with Crippen LogP contribution in [0.15, 0.2) is 29.2 Å². The number of pyridine rings is 2. The summed E-state index contributed by atoms with van der Waals surface area (Å²) in [5, 5.41) is 14.5. The summed E-state index contributed by atoms with van der Waals surface area (Å²) < 4.78 is 23.8. The van der Waals surface area contributed by atoms with Crippen molar-refractivity contribution in [1.29, 1.82) is 0 Å². The minimum absolute atomic E-state index is 0.0590. The maximum absolute atomic E-state index is 11.3. The van der Waals surface area contributed by atoms with Gasteiger partial charge in [0.1, 0.15) is 17.2 Å². The SMILES string of the molecule is COc1cc(OCC23CCC(OCc4c(-c5c(Cl)cncc5Cl)noc4C4CC4)(CC2)CC3)cnc1C(=O)O. The fourth-order valence-electron chi connectivity index (χ4n) is 5.91. The molecule has 7 rings (SSSR count). The zero-order chi connectivity index (χ0) is 27.2. The highest BCUT2D eigenvalue weighted by Gasteiger charge is 2.50. The maximum atomic E-state index is 11.3. The number of methoxy groups -OCH3 is 1. The molecule has 4 fully saturated rings. The second kappa shape index (κ2) is 10.3. The zero-order valence-electron chi connectivity index (χ0n) is 21.5. The Hall–Kier alpha value is -2.88. The summed E-state index contributed by atoms with van der Waals surface area (Å²) in [4.78, 5) is 19.4. The monoisotopic (exact) mass is 573 g/mol.